The van der Waals surface area contributed by atoms with Crippen molar-refractivity contribution in [3.8, 4) is 16.9 Å². The molecule has 0 unspecified atom stereocenters. The Balaban J connectivity index is 1.42. The van der Waals surface area contributed by atoms with Gasteiger partial charge in [0.1, 0.15) is 11.4 Å². The molecule has 0 atom stereocenters. The maximum Gasteiger partial charge on any atom is 0.418 e. The largest absolute Gasteiger partial charge is 0.490 e. The van der Waals surface area contributed by atoms with Crippen LogP contribution in [0.5, 0.6) is 5.75 Å². The number of hydrogen-bond donors (Lipinski definition) is 0. The molecule has 0 amide bonds. The number of carbonyl (C=O) groups excluding carboxylic acids is 1. The van der Waals surface area contributed by atoms with Gasteiger partial charge in [0.05, 0.1) is 6.10 Å². The molecule has 1 aromatic heterocycles. The van der Waals surface area contributed by atoms with Crippen LogP contribution >= 0.6 is 0 Å². The molecule has 0 saturated heterocycles. The van der Waals surface area contributed by atoms with Crippen LogP contribution in [0.4, 0.5) is 4.79 Å². The van der Waals surface area contributed by atoms with Crippen LogP contribution in [0.15, 0.2) is 54.9 Å². The van der Waals surface area contributed by atoms with Crippen molar-refractivity contribution in [1.82, 2.24) is 4.57 Å². The van der Waals surface area contributed by atoms with Crippen molar-refractivity contribution in [1.29, 1.82) is 0 Å². The maximum absolute atomic E-state index is 12.4. The van der Waals surface area contributed by atoms with Crippen LogP contribution in [0, 0.1) is 11.3 Å². The Kier molecular flexibility index (Phi) is 6.30. The molecule has 0 N–H and O–H groups in total. The second-order valence-corrected chi connectivity index (χ2v) is 11.5. The number of hydrogen-bond acceptors (Lipinski definition) is 3. The average Bonchev–Trinajstić information content (AvgIpc) is 3.17. The van der Waals surface area contributed by atoms with E-state index in [1.165, 1.54) is 17.4 Å². The molecular formula is C29H37NO3. The van der Waals surface area contributed by atoms with Gasteiger partial charge in [0.15, 0.2) is 0 Å². The summed E-state index contributed by atoms with van der Waals surface area (Å²) in [5, 5.41) is 2.02. The lowest BCUT2D eigenvalue weighted by Crippen LogP contribution is -2.30. The maximum atomic E-state index is 12.4. The molecule has 0 spiro atoms. The number of ether oxygens (including phenoxy) is 2. The molecule has 1 aliphatic carbocycles. The van der Waals surface area contributed by atoms with Crippen LogP contribution in [-0.2, 0) is 4.74 Å². The van der Waals surface area contributed by atoms with Gasteiger partial charge in [0.25, 0.3) is 0 Å². The van der Waals surface area contributed by atoms with Gasteiger partial charge in [-0.1, -0.05) is 45.0 Å². The van der Waals surface area contributed by atoms with Crippen molar-refractivity contribution in [2.24, 2.45) is 11.3 Å². The fraction of sp³-hybridized carbons (Fsp3) is 0.483. The van der Waals surface area contributed by atoms with Crippen LogP contribution in [-0.4, -0.2) is 22.4 Å². The molecule has 1 fully saturated rings. The lowest BCUT2D eigenvalue weighted by atomic mass is 9.72. The Morgan fingerprint density at radius 1 is 0.818 bits per heavy atom. The zero-order valence-corrected chi connectivity index (χ0v) is 20.9. The van der Waals surface area contributed by atoms with E-state index in [9.17, 15) is 4.79 Å². The predicted molar refractivity (Wildman–Crippen MR) is 135 cm³/mol. The van der Waals surface area contributed by atoms with E-state index in [1.807, 2.05) is 39.2 Å². The van der Waals surface area contributed by atoms with Gasteiger partial charge in [0, 0.05) is 23.2 Å². The Morgan fingerprint density at radius 3 is 2.03 bits per heavy atom. The number of nitrogens with zero attached hydrogens (tertiary/aromatic N) is 1. The molecule has 0 radical (unpaired) electrons. The zero-order valence-electron chi connectivity index (χ0n) is 20.9. The second kappa shape index (κ2) is 8.89. The molecule has 0 aliphatic heterocycles. The number of aromatic nitrogens is 1. The monoisotopic (exact) mass is 447 g/mol. The summed E-state index contributed by atoms with van der Waals surface area (Å²) in [4.78, 5) is 12.4. The first kappa shape index (κ1) is 23.4. The van der Waals surface area contributed by atoms with E-state index in [0.29, 0.717) is 11.5 Å². The SMILES string of the molecule is CC(C)(C)OC(=O)n1cc2ccc(-c3ccc(O[C@H]4CC[C@H](C(C)(C)C)CC4)cc3)cc2c1. The van der Waals surface area contributed by atoms with Crippen molar-refractivity contribution in [3.05, 3.63) is 54.9 Å². The summed E-state index contributed by atoms with van der Waals surface area (Å²) in [5.41, 5.74) is 2.11. The first-order valence-corrected chi connectivity index (χ1v) is 12.1. The molecule has 2 aromatic carbocycles. The van der Waals surface area contributed by atoms with Crippen LogP contribution < -0.4 is 4.74 Å². The van der Waals surface area contributed by atoms with Gasteiger partial charge in [-0.2, -0.15) is 0 Å². The highest BCUT2D eigenvalue weighted by atomic mass is 16.6. The topological polar surface area (TPSA) is 40.5 Å². The van der Waals surface area contributed by atoms with Gasteiger partial charge in [0.2, 0.25) is 0 Å². The fourth-order valence-corrected chi connectivity index (χ4v) is 4.71. The number of fused-ring (bicyclic) bond motifs is 1. The van der Waals surface area contributed by atoms with Gasteiger partial charge >= 0.3 is 6.09 Å². The van der Waals surface area contributed by atoms with Gasteiger partial charge in [-0.3, -0.25) is 4.57 Å². The number of benzene rings is 2. The predicted octanol–water partition coefficient (Wildman–Crippen LogP) is 8.08. The summed E-state index contributed by atoms with van der Waals surface area (Å²) in [6.45, 7) is 12.7. The van der Waals surface area contributed by atoms with Crippen LogP contribution in [0.3, 0.4) is 0 Å². The van der Waals surface area contributed by atoms with Gasteiger partial charge in [-0.05, 0) is 87.1 Å². The van der Waals surface area contributed by atoms with Crippen molar-refractivity contribution in [3.63, 3.8) is 0 Å². The molecule has 3 aromatic rings. The number of rotatable bonds is 3. The van der Waals surface area contributed by atoms with Gasteiger partial charge in [-0.15, -0.1) is 0 Å². The summed E-state index contributed by atoms with van der Waals surface area (Å²) in [6.07, 6.45) is 8.36. The van der Waals surface area contributed by atoms with Crippen LogP contribution in [0.25, 0.3) is 21.9 Å². The van der Waals surface area contributed by atoms with E-state index >= 15 is 0 Å². The third kappa shape index (κ3) is 5.79. The minimum atomic E-state index is -0.519. The average molecular weight is 448 g/mol. The molecule has 0 bridgehead atoms. The van der Waals surface area contributed by atoms with E-state index in [2.05, 4.69) is 57.2 Å². The van der Waals surface area contributed by atoms with Crippen molar-refractivity contribution < 1.29 is 14.3 Å². The van der Waals surface area contributed by atoms with Crippen molar-refractivity contribution in [2.45, 2.75) is 78.9 Å². The Hall–Kier alpha value is -2.75. The third-order valence-electron chi connectivity index (χ3n) is 6.64. The quantitative estimate of drug-likeness (QED) is 0.407. The first-order valence-electron chi connectivity index (χ1n) is 12.1. The standard InChI is InChI=1S/C29H37NO3/c1-28(2,3)24-11-15-26(16-12-24)32-25-13-9-20(10-14-25)21-7-8-22-18-30(19-23(22)17-21)27(31)33-29(4,5)6/h7-10,13-14,17-19,24,26H,11-12,15-16H2,1-6H3/t24-,26-. The van der Waals surface area contributed by atoms with Gasteiger partial charge in [-0.25, -0.2) is 4.79 Å². The Morgan fingerprint density at radius 2 is 1.42 bits per heavy atom. The lowest BCUT2D eigenvalue weighted by Gasteiger charge is -2.36. The summed E-state index contributed by atoms with van der Waals surface area (Å²) in [5.74, 6) is 1.73. The minimum Gasteiger partial charge on any atom is -0.490 e. The summed E-state index contributed by atoms with van der Waals surface area (Å²) < 4.78 is 13.3. The van der Waals surface area contributed by atoms with E-state index in [0.717, 1.165) is 46.4 Å². The normalized spacial score (nSPS) is 19.5. The first-order chi connectivity index (χ1) is 15.5. The van der Waals surface area contributed by atoms with E-state index in [1.54, 1.807) is 0 Å². The smallest absolute Gasteiger partial charge is 0.418 e. The molecule has 4 rings (SSSR count). The summed E-state index contributed by atoms with van der Waals surface area (Å²) in [7, 11) is 0. The molecule has 1 saturated carbocycles. The van der Waals surface area contributed by atoms with Crippen molar-refractivity contribution in [2.75, 3.05) is 0 Å². The Bertz CT molecular complexity index is 1100. The van der Waals surface area contributed by atoms with E-state index in [-0.39, 0.29) is 6.09 Å². The second-order valence-electron chi connectivity index (χ2n) is 11.5. The fourth-order valence-electron chi connectivity index (χ4n) is 4.71. The third-order valence-corrected chi connectivity index (χ3v) is 6.64. The minimum absolute atomic E-state index is 0.318. The molecule has 33 heavy (non-hydrogen) atoms. The highest BCUT2D eigenvalue weighted by molar-refractivity contribution is 5.90. The van der Waals surface area contributed by atoms with E-state index in [4.69, 9.17) is 9.47 Å². The summed E-state index contributed by atoms with van der Waals surface area (Å²) in [6, 6.07) is 14.6. The van der Waals surface area contributed by atoms with E-state index < -0.39 is 5.60 Å². The molecular weight excluding hydrogens is 410 g/mol. The highest BCUT2D eigenvalue weighted by Gasteiger charge is 2.30. The highest BCUT2D eigenvalue weighted by Crippen LogP contribution is 2.39. The molecule has 4 heteroatoms. The number of carbonyl (C=O) groups is 1. The molecule has 1 aliphatic rings. The van der Waals surface area contributed by atoms with Crippen molar-refractivity contribution >= 4 is 16.9 Å². The van der Waals surface area contributed by atoms with Crippen LogP contribution in [0.1, 0.15) is 67.2 Å². The zero-order chi connectivity index (χ0) is 23.8. The molecule has 176 valence electrons. The van der Waals surface area contributed by atoms with Gasteiger partial charge < -0.3 is 9.47 Å². The molecule has 4 nitrogen and oxygen atoms in total. The molecule has 1 heterocycles. The Labute approximate surface area is 197 Å². The lowest BCUT2D eigenvalue weighted by molar-refractivity contribution is 0.0537. The van der Waals surface area contributed by atoms with Crippen LogP contribution in [0.2, 0.25) is 0 Å². The summed E-state index contributed by atoms with van der Waals surface area (Å²) >= 11 is 0.